The smallest absolute Gasteiger partial charge is 0.257 e. The number of halogens is 1. The second-order valence-electron chi connectivity index (χ2n) is 2.89. The van der Waals surface area contributed by atoms with E-state index in [1.165, 1.54) is 24.4 Å². The average molecular weight is 215 g/mol. The van der Waals surface area contributed by atoms with Gasteiger partial charge in [-0.1, -0.05) is 12.1 Å². The minimum absolute atomic E-state index is 0.00454. The highest BCUT2D eigenvalue weighted by Gasteiger charge is 2.08. The molecular weight excluding hydrogens is 209 g/mol. The maximum Gasteiger partial charge on any atom is 0.257 e. The molecule has 0 saturated heterocycles. The number of aromatic nitrogens is 2. The molecule has 0 aliphatic rings. The minimum Gasteiger partial charge on any atom is -0.433 e. The molecule has 0 radical (unpaired) electrons. The van der Waals surface area contributed by atoms with Gasteiger partial charge in [0.15, 0.2) is 11.6 Å². The monoisotopic (exact) mass is 215 g/mol. The Morgan fingerprint density at radius 3 is 2.81 bits per heavy atom. The van der Waals surface area contributed by atoms with Crippen LogP contribution < -0.4 is 4.74 Å². The van der Waals surface area contributed by atoms with E-state index < -0.39 is 5.82 Å². The van der Waals surface area contributed by atoms with Gasteiger partial charge in [0.1, 0.15) is 11.6 Å². The zero-order valence-electron chi connectivity index (χ0n) is 8.09. The lowest BCUT2D eigenvalue weighted by molar-refractivity contribution is 0.420. The number of rotatable bonds is 2. The first-order valence-electron chi connectivity index (χ1n) is 4.45. The molecule has 0 bridgehead atoms. The van der Waals surface area contributed by atoms with Crippen LogP contribution in [0.4, 0.5) is 4.39 Å². The van der Waals surface area contributed by atoms with E-state index in [4.69, 9.17) is 10.00 Å². The lowest BCUT2D eigenvalue weighted by Crippen LogP contribution is -1.95. The SMILES string of the molecule is N#Cc1ccnnc1Oc1ccccc1F. The first-order chi connectivity index (χ1) is 7.81. The standard InChI is InChI=1S/C11H6FN3O/c12-9-3-1-2-4-10(9)16-11-8(7-13)5-6-14-15-11/h1-6H. The Bertz CT molecular complexity index is 551. The molecule has 0 aliphatic heterocycles. The van der Waals surface area contributed by atoms with E-state index in [0.29, 0.717) is 0 Å². The number of nitriles is 1. The topological polar surface area (TPSA) is 58.8 Å². The molecule has 0 fully saturated rings. The maximum absolute atomic E-state index is 13.3. The lowest BCUT2D eigenvalue weighted by atomic mass is 10.3. The van der Waals surface area contributed by atoms with Crippen molar-refractivity contribution in [2.24, 2.45) is 0 Å². The Kier molecular flexibility index (Phi) is 2.74. The Morgan fingerprint density at radius 2 is 2.06 bits per heavy atom. The van der Waals surface area contributed by atoms with Crippen molar-refractivity contribution in [2.75, 3.05) is 0 Å². The summed E-state index contributed by atoms with van der Waals surface area (Å²) < 4.78 is 18.4. The number of benzene rings is 1. The second kappa shape index (κ2) is 4.36. The predicted octanol–water partition coefficient (Wildman–Crippen LogP) is 2.28. The fraction of sp³-hybridized carbons (Fsp3) is 0. The van der Waals surface area contributed by atoms with Crippen LogP contribution in [-0.4, -0.2) is 10.2 Å². The van der Waals surface area contributed by atoms with Crippen molar-refractivity contribution in [3.05, 3.63) is 47.9 Å². The van der Waals surface area contributed by atoms with E-state index in [-0.39, 0.29) is 17.2 Å². The average Bonchev–Trinajstić information content (AvgIpc) is 2.33. The normalized spacial score (nSPS) is 9.50. The molecule has 0 aliphatic carbocycles. The van der Waals surface area contributed by atoms with Crippen LogP contribution in [0.2, 0.25) is 0 Å². The van der Waals surface area contributed by atoms with Crippen LogP contribution in [0.15, 0.2) is 36.5 Å². The molecule has 2 rings (SSSR count). The van der Waals surface area contributed by atoms with Gasteiger partial charge in [-0.05, 0) is 18.2 Å². The van der Waals surface area contributed by atoms with Gasteiger partial charge in [-0.3, -0.25) is 0 Å². The first kappa shape index (κ1) is 10.1. The van der Waals surface area contributed by atoms with Gasteiger partial charge in [-0.15, -0.1) is 5.10 Å². The molecule has 1 aromatic heterocycles. The van der Waals surface area contributed by atoms with Crippen LogP contribution in [0, 0.1) is 17.1 Å². The molecule has 0 atom stereocenters. The molecule has 78 valence electrons. The molecule has 0 saturated carbocycles. The van der Waals surface area contributed by atoms with Crippen LogP contribution in [0.3, 0.4) is 0 Å². The summed E-state index contributed by atoms with van der Waals surface area (Å²) in [5.74, 6) is -0.508. The summed E-state index contributed by atoms with van der Waals surface area (Å²) in [7, 11) is 0. The van der Waals surface area contributed by atoms with Gasteiger partial charge in [0, 0.05) is 0 Å². The summed E-state index contributed by atoms with van der Waals surface area (Å²) in [6, 6.07) is 9.22. The van der Waals surface area contributed by atoms with Gasteiger partial charge in [0.2, 0.25) is 0 Å². The third-order valence-corrected chi connectivity index (χ3v) is 1.85. The Hall–Kier alpha value is -2.48. The predicted molar refractivity (Wildman–Crippen MR) is 53.2 cm³/mol. The number of nitrogens with zero attached hydrogens (tertiary/aromatic N) is 3. The van der Waals surface area contributed by atoms with Gasteiger partial charge >= 0.3 is 0 Å². The van der Waals surface area contributed by atoms with Gasteiger partial charge in [0.25, 0.3) is 5.88 Å². The summed E-state index contributed by atoms with van der Waals surface area (Å²) in [4.78, 5) is 0. The van der Waals surface area contributed by atoms with Crippen LogP contribution in [0.5, 0.6) is 11.6 Å². The molecular formula is C11H6FN3O. The highest BCUT2D eigenvalue weighted by Crippen LogP contribution is 2.23. The molecule has 1 aromatic carbocycles. The van der Waals surface area contributed by atoms with Crippen molar-refractivity contribution in [1.29, 1.82) is 5.26 Å². The van der Waals surface area contributed by atoms with Gasteiger partial charge < -0.3 is 4.74 Å². The zero-order chi connectivity index (χ0) is 11.4. The fourth-order valence-electron chi connectivity index (χ4n) is 1.11. The summed E-state index contributed by atoms with van der Waals surface area (Å²) in [6.45, 7) is 0. The number of hydrogen-bond acceptors (Lipinski definition) is 4. The van der Waals surface area contributed by atoms with E-state index in [1.807, 2.05) is 6.07 Å². The lowest BCUT2D eigenvalue weighted by Gasteiger charge is -2.05. The van der Waals surface area contributed by atoms with Gasteiger partial charge in [-0.2, -0.15) is 10.4 Å². The Balaban J connectivity index is 2.35. The third-order valence-electron chi connectivity index (χ3n) is 1.85. The van der Waals surface area contributed by atoms with Crippen molar-refractivity contribution in [2.45, 2.75) is 0 Å². The highest BCUT2D eigenvalue weighted by molar-refractivity contribution is 5.39. The Morgan fingerprint density at radius 1 is 1.25 bits per heavy atom. The quantitative estimate of drug-likeness (QED) is 0.771. The summed E-state index contributed by atoms with van der Waals surface area (Å²) in [5.41, 5.74) is 0.207. The van der Waals surface area contributed by atoms with Crippen molar-refractivity contribution in [3.63, 3.8) is 0 Å². The minimum atomic E-state index is -0.517. The van der Waals surface area contributed by atoms with Gasteiger partial charge in [0.05, 0.1) is 6.20 Å². The third kappa shape index (κ3) is 1.96. The largest absolute Gasteiger partial charge is 0.433 e. The molecule has 16 heavy (non-hydrogen) atoms. The van der Waals surface area contributed by atoms with Crippen LogP contribution in [0.1, 0.15) is 5.56 Å². The first-order valence-corrected chi connectivity index (χ1v) is 4.45. The van der Waals surface area contributed by atoms with Crippen molar-refractivity contribution in [3.8, 4) is 17.7 Å². The maximum atomic E-state index is 13.3. The summed E-state index contributed by atoms with van der Waals surface area (Å²) in [5, 5.41) is 16.0. The van der Waals surface area contributed by atoms with E-state index >= 15 is 0 Å². The molecule has 0 spiro atoms. The molecule has 4 nitrogen and oxygen atoms in total. The van der Waals surface area contributed by atoms with E-state index in [1.54, 1.807) is 12.1 Å². The van der Waals surface area contributed by atoms with E-state index in [0.717, 1.165) is 0 Å². The van der Waals surface area contributed by atoms with E-state index in [9.17, 15) is 4.39 Å². The van der Waals surface area contributed by atoms with E-state index in [2.05, 4.69) is 10.2 Å². The summed E-state index contributed by atoms with van der Waals surface area (Å²) in [6.07, 6.45) is 1.37. The molecule has 5 heteroatoms. The highest BCUT2D eigenvalue weighted by atomic mass is 19.1. The second-order valence-corrected chi connectivity index (χ2v) is 2.89. The molecule has 0 amide bonds. The zero-order valence-corrected chi connectivity index (χ0v) is 8.09. The van der Waals surface area contributed by atoms with Crippen LogP contribution in [0.25, 0.3) is 0 Å². The van der Waals surface area contributed by atoms with Crippen LogP contribution >= 0.6 is 0 Å². The van der Waals surface area contributed by atoms with Crippen LogP contribution in [-0.2, 0) is 0 Å². The van der Waals surface area contributed by atoms with Crippen molar-refractivity contribution < 1.29 is 9.13 Å². The molecule has 0 N–H and O–H groups in total. The fourth-order valence-corrected chi connectivity index (χ4v) is 1.11. The molecule has 0 unspecified atom stereocenters. The summed E-state index contributed by atoms with van der Waals surface area (Å²) >= 11 is 0. The van der Waals surface area contributed by atoms with Crippen molar-refractivity contribution >= 4 is 0 Å². The molecule has 2 aromatic rings. The number of ether oxygens (including phenoxy) is 1. The number of hydrogen-bond donors (Lipinski definition) is 0. The van der Waals surface area contributed by atoms with Gasteiger partial charge in [-0.25, -0.2) is 4.39 Å². The Labute approximate surface area is 90.9 Å². The van der Waals surface area contributed by atoms with Crippen molar-refractivity contribution in [1.82, 2.24) is 10.2 Å². The molecule has 1 heterocycles. The number of para-hydroxylation sites is 1.